The fourth-order valence-corrected chi connectivity index (χ4v) is 3.99. The number of piperazine rings is 1. The second-order valence-corrected chi connectivity index (χ2v) is 10.7. The van der Waals surface area contributed by atoms with Crippen molar-refractivity contribution in [2.45, 2.75) is 38.8 Å². The number of ether oxygens (including phenoxy) is 2. The molecule has 158 valence electrons. The van der Waals surface area contributed by atoms with E-state index in [1.807, 2.05) is 32.9 Å². The molecule has 0 aliphatic carbocycles. The normalized spacial score (nSPS) is 18.1. The van der Waals surface area contributed by atoms with E-state index in [4.69, 9.17) is 21.1 Å². The molecule has 1 amide bonds. The Balaban J connectivity index is 2.21. The maximum absolute atomic E-state index is 12.6. The molecule has 1 aliphatic heterocycles. The van der Waals surface area contributed by atoms with Crippen molar-refractivity contribution in [2.24, 2.45) is 0 Å². The van der Waals surface area contributed by atoms with Gasteiger partial charge in [0.05, 0.1) is 23.9 Å². The van der Waals surface area contributed by atoms with Crippen molar-refractivity contribution in [3.05, 3.63) is 23.2 Å². The second-order valence-electron chi connectivity index (χ2n) is 8.01. The lowest BCUT2D eigenvalue weighted by Gasteiger charge is -2.42. The van der Waals surface area contributed by atoms with E-state index in [-0.39, 0.29) is 11.8 Å². The summed E-state index contributed by atoms with van der Waals surface area (Å²) in [5, 5.41) is 0.521. The molecule has 7 nitrogen and oxygen atoms in total. The van der Waals surface area contributed by atoms with E-state index in [1.165, 1.54) is 6.26 Å². The molecule has 1 fully saturated rings. The van der Waals surface area contributed by atoms with Crippen molar-refractivity contribution in [3.8, 4) is 5.75 Å². The zero-order valence-electron chi connectivity index (χ0n) is 17.1. The average molecular weight is 433 g/mol. The first kappa shape index (κ1) is 22.6. The predicted molar refractivity (Wildman–Crippen MR) is 111 cm³/mol. The predicted octanol–water partition coefficient (Wildman–Crippen LogP) is 3.21. The van der Waals surface area contributed by atoms with Gasteiger partial charge in [0, 0.05) is 37.6 Å². The van der Waals surface area contributed by atoms with Crippen molar-refractivity contribution in [2.75, 3.05) is 43.7 Å². The number of carbonyl (C=O) groups excluding carboxylic acids is 1. The molecule has 1 saturated heterocycles. The third-order valence-corrected chi connectivity index (χ3v) is 5.72. The van der Waals surface area contributed by atoms with Gasteiger partial charge in [0.25, 0.3) is 0 Å². The third-order valence-electron chi connectivity index (χ3n) is 4.43. The molecule has 1 aromatic carbocycles. The van der Waals surface area contributed by atoms with Crippen LogP contribution >= 0.6 is 11.6 Å². The van der Waals surface area contributed by atoms with Crippen molar-refractivity contribution >= 4 is 33.2 Å². The summed E-state index contributed by atoms with van der Waals surface area (Å²) in [6, 6.07) is 5.22. The molecule has 1 aromatic rings. The molecule has 28 heavy (non-hydrogen) atoms. The molecule has 1 aliphatic rings. The molecule has 0 aromatic heterocycles. The summed E-state index contributed by atoms with van der Waals surface area (Å²) in [5.41, 5.74) is 0.300. The molecule has 2 rings (SSSR count). The fraction of sp³-hybridized carbons (Fsp3) is 0.632. The summed E-state index contributed by atoms with van der Waals surface area (Å²) in [6.45, 7) is 6.97. The Morgan fingerprint density at radius 1 is 1.29 bits per heavy atom. The highest BCUT2D eigenvalue weighted by Gasteiger charge is 2.34. The van der Waals surface area contributed by atoms with E-state index in [9.17, 15) is 13.2 Å². The summed E-state index contributed by atoms with van der Waals surface area (Å²) >= 11 is 6.11. The minimum absolute atomic E-state index is 0.00867. The zero-order valence-corrected chi connectivity index (χ0v) is 18.6. The van der Waals surface area contributed by atoms with Gasteiger partial charge in [-0.25, -0.2) is 13.2 Å². The van der Waals surface area contributed by atoms with Gasteiger partial charge in [0.15, 0.2) is 0 Å². The van der Waals surface area contributed by atoms with Gasteiger partial charge in [-0.3, -0.25) is 0 Å². The van der Waals surface area contributed by atoms with Crippen LogP contribution in [0.2, 0.25) is 5.02 Å². The summed E-state index contributed by atoms with van der Waals surface area (Å²) < 4.78 is 34.1. The van der Waals surface area contributed by atoms with E-state index in [0.717, 1.165) is 5.69 Å². The van der Waals surface area contributed by atoms with E-state index in [1.54, 1.807) is 18.1 Å². The molecule has 0 spiro atoms. The number of anilines is 1. The third kappa shape index (κ3) is 6.44. The number of nitrogens with zero attached hydrogens (tertiary/aromatic N) is 2. The van der Waals surface area contributed by atoms with Gasteiger partial charge < -0.3 is 19.3 Å². The van der Waals surface area contributed by atoms with Gasteiger partial charge >= 0.3 is 6.09 Å². The maximum Gasteiger partial charge on any atom is 0.410 e. The number of rotatable bonds is 5. The van der Waals surface area contributed by atoms with Gasteiger partial charge in [-0.2, -0.15) is 0 Å². The Hall–Kier alpha value is -1.67. The lowest BCUT2D eigenvalue weighted by atomic mass is 10.1. The van der Waals surface area contributed by atoms with Crippen molar-refractivity contribution in [1.29, 1.82) is 0 Å². The van der Waals surface area contributed by atoms with Gasteiger partial charge in [0.2, 0.25) is 0 Å². The second kappa shape index (κ2) is 8.78. The van der Waals surface area contributed by atoms with Gasteiger partial charge in [0.1, 0.15) is 21.2 Å². The quantitative estimate of drug-likeness (QED) is 0.711. The maximum atomic E-state index is 12.6. The van der Waals surface area contributed by atoms with Crippen LogP contribution in [0.1, 0.15) is 27.2 Å². The van der Waals surface area contributed by atoms with Crippen LogP contribution in [0.3, 0.4) is 0 Å². The van der Waals surface area contributed by atoms with Crippen LogP contribution in [-0.4, -0.2) is 69.8 Å². The highest BCUT2D eigenvalue weighted by atomic mass is 35.5. The summed E-state index contributed by atoms with van der Waals surface area (Å²) in [5.74, 6) is 0.579. The van der Waals surface area contributed by atoms with Crippen LogP contribution in [-0.2, 0) is 14.6 Å². The Kier molecular flexibility index (Phi) is 7.09. The number of hydrogen-bond donors (Lipinski definition) is 0. The lowest BCUT2D eigenvalue weighted by molar-refractivity contribution is 0.0137. The first-order valence-electron chi connectivity index (χ1n) is 9.15. The van der Waals surface area contributed by atoms with Crippen LogP contribution in [0.4, 0.5) is 10.5 Å². The number of methoxy groups -OCH3 is 1. The summed E-state index contributed by atoms with van der Waals surface area (Å²) in [6.07, 6.45) is 1.13. The minimum atomic E-state index is -3.14. The standard InChI is InChI=1S/C19H29ClN2O5S/c1-19(2,3)27-18(23)22-10-9-21(13-15(22)8-11-28(5,24)25)14-6-7-16(20)17(12-14)26-4/h6-7,12,15H,8-11,13H2,1-5H3/t15-/m0/s1. The molecular formula is C19H29ClN2O5S. The van der Waals surface area contributed by atoms with E-state index >= 15 is 0 Å². The summed E-state index contributed by atoms with van der Waals surface area (Å²) in [4.78, 5) is 16.4. The molecular weight excluding hydrogens is 404 g/mol. The molecule has 0 N–H and O–H groups in total. The van der Waals surface area contributed by atoms with Crippen LogP contribution in [0.5, 0.6) is 5.75 Å². The average Bonchev–Trinajstić information content (AvgIpc) is 2.58. The Morgan fingerprint density at radius 2 is 1.96 bits per heavy atom. The van der Waals surface area contributed by atoms with Crippen LogP contribution < -0.4 is 9.64 Å². The van der Waals surface area contributed by atoms with Crippen molar-refractivity contribution in [1.82, 2.24) is 4.90 Å². The SMILES string of the molecule is COc1cc(N2CCN(C(=O)OC(C)(C)C)[C@@H](CCS(C)(=O)=O)C2)ccc1Cl. The minimum Gasteiger partial charge on any atom is -0.495 e. The number of halogens is 1. The number of benzene rings is 1. The van der Waals surface area contributed by atoms with Crippen LogP contribution in [0.15, 0.2) is 18.2 Å². The first-order chi connectivity index (χ1) is 12.9. The molecule has 1 atom stereocenters. The lowest BCUT2D eigenvalue weighted by Crippen LogP contribution is -2.56. The van der Waals surface area contributed by atoms with Gasteiger partial charge in [-0.15, -0.1) is 0 Å². The topological polar surface area (TPSA) is 76.2 Å². The molecule has 0 radical (unpaired) electrons. The smallest absolute Gasteiger partial charge is 0.410 e. The Morgan fingerprint density at radius 3 is 2.54 bits per heavy atom. The fourth-order valence-electron chi connectivity index (χ4n) is 3.09. The largest absolute Gasteiger partial charge is 0.495 e. The number of carbonyl (C=O) groups is 1. The number of sulfone groups is 1. The summed E-state index contributed by atoms with van der Waals surface area (Å²) in [7, 11) is -1.59. The van der Waals surface area contributed by atoms with Gasteiger partial charge in [-0.1, -0.05) is 11.6 Å². The van der Waals surface area contributed by atoms with Crippen LogP contribution in [0, 0.1) is 0 Å². The molecule has 1 heterocycles. The molecule has 9 heteroatoms. The number of amides is 1. The monoisotopic (exact) mass is 432 g/mol. The molecule has 0 unspecified atom stereocenters. The van der Waals surface area contributed by atoms with Crippen molar-refractivity contribution in [3.63, 3.8) is 0 Å². The van der Waals surface area contributed by atoms with Gasteiger partial charge in [-0.05, 0) is 39.3 Å². The molecule has 0 bridgehead atoms. The Labute approximate surface area is 172 Å². The van der Waals surface area contributed by atoms with E-state index in [2.05, 4.69) is 4.90 Å². The molecule has 0 saturated carbocycles. The first-order valence-corrected chi connectivity index (χ1v) is 11.6. The highest BCUT2D eigenvalue weighted by molar-refractivity contribution is 7.90. The van der Waals surface area contributed by atoms with E-state index in [0.29, 0.717) is 36.8 Å². The Bertz CT molecular complexity index is 807. The zero-order chi connectivity index (χ0) is 21.1. The number of hydrogen-bond acceptors (Lipinski definition) is 6. The van der Waals surface area contributed by atoms with Crippen molar-refractivity contribution < 1.29 is 22.7 Å². The highest BCUT2D eigenvalue weighted by Crippen LogP contribution is 2.31. The van der Waals surface area contributed by atoms with E-state index < -0.39 is 21.5 Å². The van der Waals surface area contributed by atoms with Crippen LogP contribution in [0.25, 0.3) is 0 Å².